The first kappa shape index (κ1) is 13.5. The van der Waals surface area contributed by atoms with Gasteiger partial charge in [0.1, 0.15) is 12.4 Å². The second-order valence-corrected chi connectivity index (χ2v) is 5.82. The molecule has 0 saturated heterocycles. The minimum Gasteiger partial charge on any atom is -0.491 e. The molecule has 1 heterocycles. The summed E-state index contributed by atoms with van der Waals surface area (Å²) in [5.41, 5.74) is 9.29. The van der Waals surface area contributed by atoms with Crippen molar-refractivity contribution in [3.63, 3.8) is 0 Å². The second-order valence-electron chi connectivity index (χ2n) is 4.90. The van der Waals surface area contributed by atoms with Crippen molar-refractivity contribution in [3.05, 3.63) is 58.1 Å². The lowest BCUT2D eigenvalue weighted by atomic mass is 10.1. The highest BCUT2D eigenvalue weighted by molar-refractivity contribution is 9.10. The highest BCUT2D eigenvalue weighted by Gasteiger charge is 2.15. The van der Waals surface area contributed by atoms with Crippen LogP contribution in [0.25, 0.3) is 0 Å². The number of halogens is 1. The average Bonchev–Trinajstić information content (AvgIpc) is 2.68. The lowest BCUT2D eigenvalue weighted by Gasteiger charge is -2.23. The summed E-state index contributed by atoms with van der Waals surface area (Å²) in [6.45, 7) is 2.97. The number of nitrogens with two attached hydrogens (primary N) is 1. The van der Waals surface area contributed by atoms with Crippen molar-refractivity contribution in [1.29, 1.82) is 0 Å². The van der Waals surface area contributed by atoms with Gasteiger partial charge in [-0.1, -0.05) is 34.1 Å². The average molecular weight is 333 g/mol. The number of rotatable bonds is 2. The van der Waals surface area contributed by atoms with E-state index in [9.17, 15) is 0 Å². The predicted octanol–water partition coefficient (Wildman–Crippen LogP) is 3.31. The van der Waals surface area contributed by atoms with E-state index in [-0.39, 0.29) is 0 Å². The number of anilines is 1. The van der Waals surface area contributed by atoms with E-state index in [4.69, 9.17) is 10.5 Å². The van der Waals surface area contributed by atoms with Gasteiger partial charge in [-0.25, -0.2) is 0 Å². The standard InChI is InChI=1S/C16H17BrN2O/c17-14-7-12(10-18)8-15(9-14)19-5-6-20-16-4-2-1-3-13(16)11-19/h1-4,7-9H,5-6,10-11,18H2. The number of benzene rings is 2. The highest BCUT2D eigenvalue weighted by Crippen LogP contribution is 2.28. The Kier molecular flexibility index (Phi) is 3.94. The van der Waals surface area contributed by atoms with Gasteiger partial charge >= 0.3 is 0 Å². The molecule has 0 unspecified atom stereocenters. The summed E-state index contributed by atoms with van der Waals surface area (Å²) in [5, 5.41) is 0. The molecule has 0 aromatic heterocycles. The molecule has 1 aliphatic heterocycles. The van der Waals surface area contributed by atoms with Crippen molar-refractivity contribution in [2.45, 2.75) is 13.1 Å². The summed E-state index contributed by atoms with van der Waals surface area (Å²) < 4.78 is 6.87. The molecule has 0 saturated carbocycles. The number of hydrogen-bond donors (Lipinski definition) is 1. The Morgan fingerprint density at radius 1 is 1.20 bits per heavy atom. The largest absolute Gasteiger partial charge is 0.491 e. The van der Waals surface area contributed by atoms with E-state index in [1.807, 2.05) is 12.1 Å². The first-order valence-electron chi connectivity index (χ1n) is 6.71. The van der Waals surface area contributed by atoms with Crippen LogP contribution >= 0.6 is 15.9 Å². The molecule has 0 atom stereocenters. The molecule has 104 valence electrons. The fourth-order valence-electron chi connectivity index (χ4n) is 2.48. The maximum atomic E-state index is 5.81. The minimum atomic E-state index is 0.549. The van der Waals surface area contributed by atoms with Crippen LogP contribution in [0.5, 0.6) is 5.75 Å². The molecule has 0 bridgehead atoms. The maximum Gasteiger partial charge on any atom is 0.124 e. The van der Waals surface area contributed by atoms with E-state index in [0.29, 0.717) is 13.2 Å². The van der Waals surface area contributed by atoms with E-state index in [1.54, 1.807) is 0 Å². The summed E-state index contributed by atoms with van der Waals surface area (Å²) in [7, 11) is 0. The summed E-state index contributed by atoms with van der Waals surface area (Å²) in [5.74, 6) is 0.990. The summed E-state index contributed by atoms with van der Waals surface area (Å²) >= 11 is 3.56. The van der Waals surface area contributed by atoms with Gasteiger partial charge < -0.3 is 15.4 Å². The molecule has 20 heavy (non-hydrogen) atoms. The Bertz CT molecular complexity index is 615. The minimum absolute atomic E-state index is 0.549. The fourth-order valence-corrected chi connectivity index (χ4v) is 3.01. The molecule has 0 fully saturated rings. The maximum absolute atomic E-state index is 5.81. The van der Waals surface area contributed by atoms with Gasteiger partial charge in [-0.2, -0.15) is 0 Å². The molecule has 1 aliphatic rings. The third-order valence-corrected chi connectivity index (χ3v) is 3.95. The summed E-state index contributed by atoms with van der Waals surface area (Å²) in [4.78, 5) is 2.33. The summed E-state index contributed by atoms with van der Waals surface area (Å²) in [6, 6.07) is 14.6. The first-order chi connectivity index (χ1) is 9.76. The van der Waals surface area contributed by atoms with Crippen LogP contribution in [0.3, 0.4) is 0 Å². The third kappa shape index (κ3) is 2.81. The van der Waals surface area contributed by atoms with Gasteiger partial charge in [0, 0.05) is 28.8 Å². The molecular weight excluding hydrogens is 316 g/mol. The van der Waals surface area contributed by atoms with Gasteiger partial charge in [0.2, 0.25) is 0 Å². The second kappa shape index (κ2) is 5.85. The lowest BCUT2D eigenvalue weighted by Crippen LogP contribution is -2.25. The molecule has 3 rings (SSSR count). The molecule has 3 nitrogen and oxygen atoms in total. The number of para-hydroxylation sites is 1. The predicted molar refractivity (Wildman–Crippen MR) is 85.0 cm³/mol. The molecule has 2 aromatic rings. The van der Waals surface area contributed by atoms with Crippen LogP contribution in [0, 0.1) is 0 Å². The van der Waals surface area contributed by atoms with E-state index >= 15 is 0 Å². The smallest absolute Gasteiger partial charge is 0.124 e. The third-order valence-electron chi connectivity index (χ3n) is 3.50. The molecule has 0 aliphatic carbocycles. The Morgan fingerprint density at radius 2 is 2.05 bits per heavy atom. The number of nitrogens with zero attached hydrogens (tertiary/aromatic N) is 1. The number of hydrogen-bond acceptors (Lipinski definition) is 3. The van der Waals surface area contributed by atoms with Crippen LogP contribution < -0.4 is 15.4 Å². The van der Waals surface area contributed by atoms with E-state index in [2.05, 4.69) is 51.2 Å². The van der Waals surface area contributed by atoms with E-state index in [0.717, 1.165) is 28.9 Å². The topological polar surface area (TPSA) is 38.5 Å². The normalized spacial score (nSPS) is 14.4. The molecule has 4 heteroatoms. The zero-order chi connectivity index (χ0) is 13.9. The van der Waals surface area contributed by atoms with Crippen LogP contribution in [0.2, 0.25) is 0 Å². The fraction of sp³-hybridized carbons (Fsp3) is 0.250. The van der Waals surface area contributed by atoms with E-state index in [1.165, 1.54) is 11.3 Å². The summed E-state index contributed by atoms with van der Waals surface area (Å²) in [6.07, 6.45) is 0. The molecule has 0 amide bonds. The molecule has 2 aromatic carbocycles. The number of ether oxygens (including phenoxy) is 1. The Morgan fingerprint density at radius 3 is 2.90 bits per heavy atom. The Hall–Kier alpha value is -1.52. The van der Waals surface area contributed by atoms with Crippen molar-refractivity contribution < 1.29 is 4.74 Å². The van der Waals surface area contributed by atoms with Gasteiger partial charge in [0.05, 0.1) is 6.54 Å². The van der Waals surface area contributed by atoms with Gasteiger partial charge in [0.15, 0.2) is 0 Å². The van der Waals surface area contributed by atoms with Crippen molar-refractivity contribution in [2.75, 3.05) is 18.1 Å². The monoisotopic (exact) mass is 332 g/mol. The Balaban J connectivity index is 1.93. The van der Waals surface area contributed by atoms with Gasteiger partial charge in [-0.15, -0.1) is 0 Å². The Labute approximate surface area is 127 Å². The zero-order valence-electron chi connectivity index (χ0n) is 11.2. The van der Waals surface area contributed by atoms with Crippen molar-refractivity contribution in [3.8, 4) is 5.75 Å². The van der Waals surface area contributed by atoms with E-state index < -0.39 is 0 Å². The van der Waals surface area contributed by atoms with Crippen LogP contribution in [0.15, 0.2) is 46.9 Å². The van der Waals surface area contributed by atoms with Gasteiger partial charge in [-0.3, -0.25) is 0 Å². The van der Waals surface area contributed by atoms with Crippen molar-refractivity contribution in [2.24, 2.45) is 5.73 Å². The molecular formula is C16H17BrN2O. The van der Waals surface area contributed by atoms with Crippen LogP contribution in [0.1, 0.15) is 11.1 Å². The lowest BCUT2D eigenvalue weighted by molar-refractivity contribution is 0.331. The van der Waals surface area contributed by atoms with Crippen molar-refractivity contribution in [1.82, 2.24) is 0 Å². The first-order valence-corrected chi connectivity index (χ1v) is 7.51. The quantitative estimate of drug-likeness (QED) is 0.916. The zero-order valence-corrected chi connectivity index (χ0v) is 12.8. The van der Waals surface area contributed by atoms with Crippen LogP contribution in [0.4, 0.5) is 5.69 Å². The van der Waals surface area contributed by atoms with Crippen LogP contribution in [-0.2, 0) is 13.1 Å². The highest BCUT2D eigenvalue weighted by atomic mass is 79.9. The van der Waals surface area contributed by atoms with Crippen molar-refractivity contribution >= 4 is 21.6 Å². The van der Waals surface area contributed by atoms with Gasteiger partial charge in [0.25, 0.3) is 0 Å². The molecule has 2 N–H and O–H groups in total. The van der Waals surface area contributed by atoms with Gasteiger partial charge in [-0.05, 0) is 29.8 Å². The number of fused-ring (bicyclic) bond motifs is 1. The van der Waals surface area contributed by atoms with Crippen LogP contribution in [-0.4, -0.2) is 13.2 Å². The molecule has 0 radical (unpaired) electrons. The SMILES string of the molecule is NCc1cc(Br)cc(N2CCOc3ccccc3C2)c1. The molecule has 0 spiro atoms.